The summed E-state index contributed by atoms with van der Waals surface area (Å²) < 4.78 is 0. The van der Waals surface area contributed by atoms with E-state index in [0.29, 0.717) is 0 Å². The van der Waals surface area contributed by atoms with Gasteiger partial charge in [-0.25, -0.2) is 0 Å². The van der Waals surface area contributed by atoms with E-state index in [0.717, 1.165) is 5.56 Å². The Morgan fingerprint density at radius 1 is 1.16 bits per heavy atom. The van der Waals surface area contributed by atoms with Crippen LogP contribution in [0.1, 0.15) is 5.56 Å². The maximum absolute atomic E-state index is 10.4. The van der Waals surface area contributed by atoms with Gasteiger partial charge in [0.1, 0.15) is 17.9 Å². The Morgan fingerprint density at radius 2 is 1.63 bits per heavy atom. The Bertz CT molecular complexity index is 363. The quantitative estimate of drug-likeness (QED) is 0.390. The van der Waals surface area contributed by atoms with E-state index >= 15 is 0 Å². The summed E-state index contributed by atoms with van der Waals surface area (Å²) in [5.41, 5.74) is 6.12. The summed E-state index contributed by atoms with van der Waals surface area (Å²) >= 11 is 0. The molecule has 7 nitrogen and oxygen atoms in total. The summed E-state index contributed by atoms with van der Waals surface area (Å²) in [4.78, 5) is 10.4. The lowest BCUT2D eigenvalue weighted by atomic mass is 10.1. The lowest BCUT2D eigenvalue weighted by molar-refractivity contribution is -0.138. The van der Waals surface area contributed by atoms with Gasteiger partial charge in [0.2, 0.25) is 0 Å². The number of hydrogen-bond donors (Lipinski definition) is 6. The highest BCUT2D eigenvalue weighted by molar-refractivity contribution is 5.73. The van der Waals surface area contributed by atoms with Crippen molar-refractivity contribution in [3.8, 4) is 5.75 Å². The van der Waals surface area contributed by atoms with Gasteiger partial charge < -0.3 is 31.3 Å². The predicted octanol–water partition coefficient (Wildman–Crippen LogP) is -1.32. The lowest BCUT2D eigenvalue weighted by Gasteiger charge is -2.05. The minimum atomic E-state index is -1.02. The molecule has 0 fully saturated rings. The maximum Gasteiger partial charge on any atom is 0.320 e. The van der Waals surface area contributed by atoms with Crippen molar-refractivity contribution in [2.45, 2.75) is 18.6 Å². The first-order valence-corrected chi connectivity index (χ1v) is 5.56. The Kier molecular flexibility index (Phi) is 8.47. The molecule has 19 heavy (non-hydrogen) atoms. The smallest absolute Gasteiger partial charge is 0.320 e. The highest BCUT2D eigenvalue weighted by atomic mass is 16.4. The van der Waals surface area contributed by atoms with E-state index < -0.39 is 18.1 Å². The van der Waals surface area contributed by atoms with Gasteiger partial charge in [0.05, 0.1) is 13.2 Å². The number of hydrogen-bond acceptors (Lipinski definition) is 6. The van der Waals surface area contributed by atoms with Crippen molar-refractivity contribution < 1.29 is 30.3 Å². The molecule has 0 aliphatic heterocycles. The van der Waals surface area contributed by atoms with Crippen molar-refractivity contribution >= 4 is 5.97 Å². The molecule has 1 rings (SSSR count). The van der Waals surface area contributed by atoms with Crippen LogP contribution in [0.3, 0.4) is 0 Å². The van der Waals surface area contributed by atoms with Crippen LogP contribution in [0.2, 0.25) is 0 Å². The van der Waals surface area contributed by atoms with E-state index in [9.17, 15) is 4.79 Å². The van der Waals surface area contributed by atoms with Gasteiger partial charge in [-0.15, -0.1) is 0 Å². The fourth-order valence-electron chi connectivity index (χ4n) is 1.03. The van der Waals surface area contributed by atoms with Crippen LogP contribution in [0.4, 0.5) is 0 Å². The molecule has 0 radical (unpaired) electrons. The number of nitrogens with two attached hydrogens (primary N) is 1. The average Bonchev–Trinajstić information content (AvgIpc) is 2.41. The lowest BCUT2D eigenvalue weighted by Crippen LogP contribution is -2.32. The molecule has 0 saturated heterocycles. The topological polar surface area (TPSA) is 144 Å². The van der Waals surface area contributed by atoms with Gasteiger partial charge in [0.15, 0.2) is 0 Å². The number of carbonyl (C=O) groups is 1. The number of aliphatic hydroxyl groups excluding tert-OH is 3. The van der Waals surface area contributed by atoms with Crippen LogP contribution < -0.4 is 5.73 Å². The van der Waals surface area contributed by atoms with Gasteiger partial charge in [-0.3, -0.25) is 4.79 Å². The van der Waals surface area contributed by atoms with Crippen LogP contribution in [0.25, 0.3) is 0 Å². The monoisotopic (exact) mass is 273 g/mol. The second-order valence-electron chi connectivity index (χ2n) is 3.83. The fraction of sp³-hybridized carbons (Fsp3) is 0.417. The SMILES string of the molecule is N[C@@H](Cc1ccc(O)cc1)C(=O)O.OCC(O)CO. The molecule has 0 amide bonds. The number of aromatic hydroxyl groups is 1. The van der Waals surface area contributed by atoms with Crippen molar-refractivity contribution in [3.63, 3.8) is 0 Å². The number of phenols is 1. The highest BCUT2D eigenvalue weighted by Crippen LogP contribution is 2.10. The Morgan fingerprint density at radius 3 is 1.95 bits per heavy atom. The highest BCUT2D eigenvalue weighted by Gasteiger charge is 2.11. The van der Waals surface area contributed by atoms with Crippen LogP contribution in [-0.2, 0) is 11.2 Å². The predicted molar refractivity (Wildman–Crippen MR) is 67.6 cm³/mol. The molecule has 1 atom stereocenters. The third-order valence-electron chi connectivity index (χ3n) is 2.13. The number of carboxylic acids is 1. The second kappa shape index (κ2) is 9.29. The molecule has 0 spiro atoms. The van der Waals surface area contributed by atoms with Crippen LogP contribution in [-0.4, -0.2) is 56.9 Å². The van der Waals surface area contributed by atoms with Crippen molar-refractivity contribution in [3.05, 3.63) is 29.8 Å². The van der Waals surface area contributed by atoms with Crippen molar-refractivity contribution in [1.82, 2.24) is 0 Å². The molecule has 7 heteroatoms. The van der Waals surface area contributed by atoms with Crippen LogP contribution >= 0.6 is 0 Å². The molecule has 7 N–H and O–H groups in total. The van der Waals surface area contributed by atoms with E-state index in [1.807, 2.05) is 0 Å². The number of aliphatic carboxylic acids is 1. The molecule has 108 valence electrons. The third kappa shape index (κ3) is 8.11. The van der Waals surface area contributed by atoms with E-state index in [2.05, 4.69) is 0 Å². The van der Waals surface area contributed by atoms with Crippen molar-refractivity contribution in [1.29, 1.82) is 0 Å². The van der Waals surface area contributed by atoms with Crippen LogP contribution in [0.15, 0.2) is 24.3 Å². The molecule has 1 aromatic rings. The first-order valence-electron chi connectivity index (χ1n) is 5.56. The number of phenolic OH excluding ortho intramolecular Hbond substituents is 1. The number of aliphatic hydroxyl groups is 3. The maximum atomic E-state index is 10.4. The molecule has 0 saturated carbocycles. The zero-order valence-corrected chi connectivity index (χ0v) is 10.3. The first-order chi connectivity index (χ1) is 8.90. The molecule has 0 bridgehead atoms. The minimum Gasteiger partial charge on any atom is -0.508 e. The summed E-state index contributed by atoms with van der Waals surface area (Å²) in [7, 11) is 0. The third-order valence-corrected chi connectivity index (χ3v) is 2.13. The summed E-state index contributed by atoms with van der Waals surface area (Å²) in [6, 6.07) is 5.42. The molecule has 0 aliphatic rings. The van der Waals surface area contributed by atoms with Crippen LogP contribution in [0, 0.1) is 0 Å². The molecule has 0 aromatic heterocycles. The van der Waals surface area contributed by atoms with E-state index in [4.69, 9.17) is 31.3 Å². The molecule has 1 aromatic carbocycles. The van der Waals surface area contributed by atoms with Gasteiger partial charge in [0.25, 0.3) is 0 Å². The molecular formula is C12H19NO6. The van der Waals surface area contributed by atoms with E-state index in [1.54, 1.807) is 12.1 Å². The molecule has 0 aliphatic carbocycles. The normalized spacial score (nSPS) is 11.6. The second-order valence-corrected chi connectivity index (χ2v) is 3.83. The first kappa shape index (κ1) is 17.3. The number of carboxylic acid groups (broad SMARTS) is 1. The Balaban J connectivity index is 0.000000459. The van der Waals surface area contributed by atoms with Gasteiger partial charge in [-0.05, 0) is 24.1 Å². The molecule has 0 heterocycles. The van der Waals surface area contributed by atoms with Gasteiger partial charge in [-0.2, -0.15) is 0 Å². The number of benzene rings is 1. The van der Waals surface area contributed by atoms with E-state index in [-0.39, 0.29) is 25.4 Å². The Labute approximate surface area is 110 Å². The van der Waals surface area contributed by atoms with Gasteiger partial charge >= 0.3 is 5.97 Å². The minimum absolute atomic E-state index is 0.160. The van der Waals surface area contributed by atoms with E-state index in [1.165, 1.54) is 12.1 Å². The summed E-state index contributed by atoms with van der Waals surface area (Å²) in [6.45, 7) is -0.729. The van der Waals surface area contributed by atoms with Crippen molar-refractivity contribution in [2.24, 2.45) is 5.73 Å². The van der Waals surface area contributed by atoms with Gasteiger partial charge in [-0.1, -0.05) is 12.1 Å². The zero-order chi connectivity index (χ0) is 14.8. The molecular weight excluding hydrogens is 254 g/mol. The standard InChI is InChI=1S/C9H11NO3.C3H8O3/c10-8(9(12)13)5-6-1-3-7(11)4-2-6;4-1-3(6)2-5/h1-4,8,11H,5,10H2,(H,12,13);3-6H,1-2H2/t8-;/m0./s1. The van der Waals surface area contributed by atoms with Gasteiger partial charge in [0, 0.05) is 0 Å². The van der Waals surface area contributed by atoms with Crippen LogP contribution in [0.5, 0.6) is 5.75 Å². The number of rotatable bonds is 5. The summed E-state index contributed by atoms with van der Waals surface area (Å²) in [5, 5.41) is 41.5. The zero-order valence-electron chi connectivity index (χ0n) is 10.3. The average molecular weight is 273 g/mol. The van der Waals surface area contributed by atoms with Crippen molar-refractivity contribution in [2.75, 3.05) is 13.2 Å². The fourth-order valence-corrected chi connectivity index (χ4v) is 1.03. The largest absolute Gasteiger partial charge is 0.508 e. The Hall–Kier alpha value is -1.67. The summed E-state index contributed by atoms with van der Waals surface area (Å²) in [6.07, 6.45) is -0.680. The summed E-state index contributed by atoms with van der Waals surface area (Å²) in [5.74, 6) is -0.860. The molecule has 0 unspecified atom stereocenters.